The highest BCUT2D eigenvalue weighted by Crippen LogP contribution is 2.38. The van der Waals surface area contributed by atoms with Gasteiger partial charge in [0, 0.05) is 24.7 Å². The van der Waals surface area contributed by atoms with Gasteiger partial charge in [-0.3, -0.25) is 14.9 Å². The molecule has 0 N–H and O–H groups in total. The minimum atomic E-state index is -1.25. The average Bonchev–Trinajstić information content (AvgIpc) is 3.25. The standard InChI is InChI=1S/C20H18N2O8/c23-19(21-6-8-27-9-7-21)18(13-4-2-1-3-5-13)30-20(24)14-10-16-17(29-12-28-16)11-15(14)22(25)26/h1-5,10-11,18H,6-9,12H2/t18-/m0/s1. The lowest BCUT2D eigenvalue weighted by atomic mass is 10.1. The van der Waals surface area contributed by atoms with Gasteiger partial charge >= 0.3 is 5.97 Å². The third-order valence-electron chi connectivity index (χ3n) is 4.78. The van der Waals surface area contributed by atoms with E-state index in [1.54, 1.807) is 35.2 Å². The van der Waals surface area contributed by atoms with Crippen LogP contribution in [0.5, 0.6) is 11.5 Å². The number of amides is 1. The van der Waals surface area contributed by atoms with Gasteiger partial charge in [-0.25, -0.2) is 4.79 Å². The van der Waals surface area contributed by atoms with E-state index in [9.17, 15) is 19.7 Å². The Bertz CT molecular complexity index is 972. The Kier molecular flexibility index (Phi) is 5.48. The molecule has 0 aromatic heterocycles. The highest BCUT2D eigenvalue weighted by atomic mass is 16.7. The summed E-state index contributed by atoms with van der Waals surface area (Å²) in [6.07, 6.45) is -1.25. The second-order valence-corrected chi connectivity index (χ2v) is 6.61. The minimum Gasteiger partial charge on any atom is -0.454 e. The van der Waals surface area contributed by atoms with Gasteiger partial charge in [0.2, 0.25) is 12.9 Å². The summed E-state index contributed by atoms with van der Waals surface area (Å²) in [6.45, 7) is 1.39. The maximum atomic E-state index is 13.1. The molecule has 0 bridgehead atoms. The molecule has 156 valence electrons. The fourth-order valence-electron chi connectivity index (χ4n) is 3.25. The molecule has 10 nitrogen and oxygen atoms in total. The third kappa shape index (κ3) is 3.90. The summed E-state index contributed by atoms with van der Waals surface area (Å²) in [5.41, 5.74) is -0.347. The van der Waals surface area contributed by atoms with Crippen molar-refractivity contribution < 1.29 is 33.5 Å². The van der Waals surface area contributed by atoms with Crippen LogP contribution in [0.4, 0.5) is 5.69 Å². The van der Waals surface area contributed by atoms with E-state index in [2.05, 4.69) is 0 Å². The molecule has 30 heavy (non-hydrogen) atoms. The molecule has 2 aromatic carbocycles. The van der Waals surface area contributed by atoms with E-state index in [4.69, 9.17) is 18.9 Å². The SMILES string of the molecule is O=C(O[C@H](C(=O)N1CCOCC1)c1ccccc1)c1cc2c(cc1[N+](=O)[O-])OCO2. The molecule has 0 radical (unpaired) electrons. The molecule has 4 rings (SSSR count). The number of hydrogen-bond acceptors (Lipinski definition) is 8. The fourth-order valence-corrected chi connectivity index (χ4v) is 3.25. The largest absolute Gasteiger partial charge is 0.454 e. The maximum Gasteiger partial charge on any atom is 0.346 e. The molecule has 2 aliphatic rings. The molecular weight excluding hydrogens is 396 g/mol. The van der Waals surface area contributed by atoms with Crippen LogP contribution in [0.1, 0.15) is 22.0 Å². The van der Waals surface area contributed by atoms with Crippen molar-refractivity contribution in [3.8, 4) is 11.5 Å². The average molecular weight is 414 g/mol. The predicted octanol–water partition coefficient (Wildman–Crippen LogP) is 2.08. The lowest BCUT2D eigenvalue weighted by Crippen LogP contribution is -2.44. The number of nitro groups is 1. The van der Waals surface area contributed by atoms with Gasteiger partial charge in [-0.2, -0.15) is 0 Å². The van der Waals surface area contributed by atoms with E-state index in [0.29, 0.717) is 31.9 Å². The van der Waals surface area contributed by atoms with Crippen LogP contribution in [0, 0.1) is 10.1 Å². The molecule has 2 aliphatic heterocycles. The second kappa shape index (κ2) is 8.37. The van der Waals surface area contributed by atoms with Crippen molar-refractivity contribution in [1.29, 1.82) is 0 Å². The Morgan fingerprint density at radius 1 is 1.07 bits per heavy atom. The van der Waals surface area contributed by atoms with Gasteiger partial charge in [0.25, 0.3) is 11.6 Å². The summed E-state index contributed by atoms with van der Waals surface area (Å²) in [4.78, 5) is 38.3. The first-order chi connectivity index (χ1) is 14.5. The van der Waals surface area contributed by atoms with Gasteiger partial charge in [-0.05, 0) is 0 Å². The van der Waals surface area contributed by atoms with Gasteiger partial charge in [-0.15, -0.1) is 0 Å². The van der Waals surface area contributed by atoms with E-state index in [1.165, 1.54) is 6.07 Å². The summed E-state index contributed by atoms with van der Waals surface area (Å²) < 4.78 is 21.1. The number of hydrogen-bond donors (Lipinski definition) is 0. The van der Waals surface area contributed by atoms with Gasteiger partial charge in [0.1, 0.15) is 5.56 Å². The first kappa shape index (κ1) is 19.6. The van der Waals surface area contributed by atoms with Crippen LogP contribution in [-0.2, 0) is 14.3 Å². The van der Waals surface area contributed by atoms with Crippen LogP contribution < -0.4 is 9.47 Å². The van der Waals surface area contributed by atoms with E-state index in [1.807, 2.05) is 0 Å². The Morgan fingerprint density at radius 3 is 2.40 bits per heavy atom. The molecule has 1 saturated heterocycles. The van der Waals surface area contributed by atoms with Crippen LogP contribution in [0.3, 0.4) is 0 Å². The number of nitro benzene ring substituents is 1. The molecule has 0 aliphatic carbocycles. The van der Waals surface area contributed by atoms with Crippen molar-refractivity contribution in [2.24, 2.45) is 0 Å². The zero-order valence-corrected chi connectivity index (χ0v) is 15.8. The van der Waals surface area contributed by atoms with Crippen molar-refractivity contribution in [1.82, 2.24) is 4.90 Å². The lowest BCUT2D eigenvalue weighted by molar-refractivity contribution is -0.385. The van der Waals surface area contributed by atoms with Crippen LogP contribution >= 0.6 is 0 Å². The number of benzene rings is 2. The zero-order valence-electron chi connectivity index (χ0n) is 15.8. The summed E-state index contributed by atoms with van der Waals surface area (Å²) >= 11 is 0. The van der Waals surface area contributed by atoms with Crippen LogP contribution in [0.2, 0.25) is 0 Å². The summed E-state index contributed by atoms with van der Waals surface area (Å²) in [5.74, 6) is -1.05. The molecule has 1 atom stereocenters. The number of rotatable bonds is 5. The first-order valence-corrected chi connectivity index (χ1v) is 9.25. The lowest BCUT2D eigenvalue weighted by Gasteiger charge is -2.30. The normalized spacial score (nSPS) is 16.1. The van der Waals surface area contributed by atoms with Crippen molar-refractivity contribution in [2.45, 2.75) is 6.10 Å². The summed E-state index contributed by atoms with van der Waals surface area (Å²) in [6, 6.07) is 10.8. The number of ether oxygens (including phenoxy) is 4. The number of fused-ring (bicyclic) bond motifs is 1. The topological polar surface area (TPSA) is 117 Å². The van der Waals surface area contributed by atoms with Gasteiger partial charge in [0.05, 0.1) is 24.2 Å². The highest BCUT2D eigenvalue weighted by molar-refractivity contribution is 5.97. The van der Waals surface area contributed by atoms with Crippen LogP contribution in [0.25, 0.3) is 0 Å². The molecule has 0 unspecified atom stereocenters. The minimum absolute atomic E-state index is 0.104. The van der Waals surface area contributed by atoms with Crippen molar-refractivity contribution in [3.05, 3.63) is 63.7 Å². The van der Waals surface area contributed by atoms with E-state index in [0.717, 1.165) is 6.07 Å². The van der Waals surface area contributed by atoms with Gasteiger partial charge in [-0.1, -0.05) is 30.3 Å². The zero-order chi connectivity index (χ0) is 21.1. The Labute approximate surface area is 171 Å². The highest BCUT2D eigenvalue weighted by Gasteiger charge is 2.34. The van der Waals surface area contributed by atoms with Crippen molar-refractivity contribution in [2.75, 3.05) is 33.1 Å². The molecular formula is C20H18N2O8. The summed E-state index contributed by atoms with van der Waals surface area (Å²) in [7, 11) is 0. The molecule has 0 spiro atoms. The number of morpholine rings is 1. The molecule has 2 heterocycles. The number of carbonyl (C=O) groups is 2. The van der Waals surface area contributed by atoms with E-state index >= 15 is 0 Å². The van der Waals surface area contributed by atoms with E-state index in [-0.39, 0.29) is 23.9 Å². The first-order valence-electron chi connectivity index (χ1n) is 9.25. The van der Waals surface area contributed by atoms with E-state index < -0.39 is 28.6 Å². The molecule has 0 saturated carbocycles. The van der Waals surface area contributed by atoms with Gasteiger partial charge < -0.3 is 23.8 Å². The van der Waals surface area contributed by atoms with Crippen molar-refractivity contribution >= 4 is 17.6 Å². The molecule has 10 heteroatoms. The molecule has 1 fully saturated rings. The number of carbonyl (C=O) groups excluding carboxylic acids is 2. The van der Waals surface area contributed by atoms with Crippen molar-refractivity contribution in [3.63, 3.8) is 0 Å². The Balaban J connectivity index is 1.65. The fraction of sp³-hybridized carbons (Fsp3) is 0.300. The maximum absolute atomic E-state index is 13.1. The molecule has 1 amide bonds. The van der Waals surface area contributed by atoms with Crippen LogP contribution in [-0.4, -0.2) is 54.8 Å². The number of esters is 1. The monoisotopic (exact) mass is 414 g/mol. The van der Waals surface area contributed by atoms with Crippen LogP contribution in [0.15, 0.2) is 42.5 Å². The summed E-state index contributed by atoms with van der Waals surface area (Å²) in [5, 5.41) is 11.5. The van der Waals surface area contributed by atoms with Gasteiger partial charge in [0.15, 0.2) is 11.5 Å². The number of nitrogens with zero attached hydrogens (tertiary/aromatic N) is 2. The second-order valence-electron chi connectivity index (χ2n) is 6.61. The predicted molar refractivity (Wildman–Crippen MR) is 101 cm³/mol. The molecule has 2 aromatic rings. The smallest absolute Gasteiger partial charge is 0.346 e. The Morgan fingerprint density at radius 2 is 1.73 bits per heavy atom. The Hall–Kier alpha value is -3.66. The quantitative estimate of drug-likeness (QED) is 0.415. The third-order valence-corrected chi connectivity index (χ3v) is 4.78.